The van der Waals surface area contributed by atoms with Gasteiger partial charge in [-0.05, 0) is 69.9 Å². The van der Waals surface area contributed by atoms with Crippen molar-refractivity contribution in [1.82, 2.24) is 4.98 Å². The van der Waals surface area contributed by atoms with Crippen molar-refractivity contribution in [1.29, 1.82) is 0 Å². The van der Waals surface area contributed by atoms with Gasteiger partial charge in [0.15, 0.2) is 5.58 Å². The van der Waals surface area contributed by atoms with Gasteiger partial charge < -0.3 is 9.32 Å². The predicted molar refractivity (Wildman–Crippen MR) is 215 cm³/mol. The minimum Gasteiger partial charge on any atom is -0.435 e. The van der Waals surface area contributed by atoms with E-state index in [2.05, 4.69) is 169 Å². The van der Waals surface area contributed by atoms with Crippen LogP contribution in [0.5, 0.6) is 0 Å². The molecule has 0 unspecified atom stereocenters. The molecule has 8 aromatic carbocycles. The number of oxazole rings is 1. The molecule has 0 aliphatic rings. The molecule has 10 aromatic rings. The number of hydrogen-bond donors (Lipinski definition) is 0. The van der Waals surface area contributed by atoms with E-state index in [0.29, 0.717) is 5.89 Å². The molecule has 0 saturated heterocycles. The molecule has 2 heterocycles. The highest BCUT2D eigenvalue weighted by molar-refractivity contribution is 7.26. The number of anilines is 3. The largest absolute Gasteiger partial charge is 0.435 e. The molecular formula is C47H30N2OS. The maximum absolute atomic E-state index is 6.65. The fourth-order valence-electron chi connectivity index (χ4n) is 7.33. The summed E-state index contributed by atoms with van der Waals surface area (Å²) in [5, 5.41) is 4.74. The third-order valence-electron chi connectivity index (χ3n) is 9.70. The Hall–Kier alpha value is -6.49. The maximum atomic E-state index is 6.65. The normalized spacial score (nSPS) is 11.5. The Balaban J connectivity index is 1.25. The van der Waals surface area contributed by atoms with Crippen LogP contribution in [-0.4, -0.2) is 4.98 Å². The van der Waals surface area contributed by atoms with Gasteiger partial charge in [0.25, 0.3) is 0 Å². The van der Waals surface area contributed by atoms with Gasteiger partial charge in [0.2, 0.25) is 5.89 Å². The summed E-state index contributed by atoms with van der Waals surface area (Å²) >= 11 is 1.80. The molecule has 0 spiro atoms. The fourth-order valence-corrected chi connectivity index (χ4v) is 8.54. The average molecular weight is 671 g/mol. The van der Waals surface area contributed by atoms with Crippen molar-refractivity contribution in [2.75, 3.05) is 4.90 Å². The molecule has 0 saturated carbocycles. The van der Waals surface area contributed by atoms with E-state index in [0.717, 1.165) is 54.9 Å². The van der Waals surface area contributed by atoms with Crippen LogP contribution >= 0.6 is 11.3 Å². The number of para-hydroxylation sites is 1. The zero-order valence-electron chi connectivity index (χ0n) is 27.5. The lowest BCUT2D eigenvalue weighted by atomic mass is 9.97. The van der Waals surface area contributed by atoms with Gasteiger partial charge in [0.05, 0.1) is 16.1 Å². The van der Waals surface area contributed by atoms with Gasteiger partial charge in [-0.1, -0.05) is 140 Å². The van der Waals surface area contributed by atoms with E-state index in [9.17, 15) is 0 Å². The molecule has 2 aromatic heterocycles. The quantitative estimate of drug-likeness (QED) is 0.176. The highest BCUT2D eigenvalue weighted by Crippen LogP contribution is 2.50. The van der Waals surface area contributed by atoms with E-state index in [-0.39, 0.29) is 0 Å². The molecule has 240 valence electrons. The second-order valence-electron chi connectivity index (χ2n) is 12.7. The second-order valence-corrected chi connectivity index (χ2v) is 13.8. The summed E-state index contributed by atoms with van der Waals surface area (Å²) in [6.07, 6.45) is 0. The molecule has 0 atom stereocenters. The predicted octanol–water partition coefficient (Wildman–Crippen LogP) is 13.8. The van der Waals surface area contributed by atoms with Crippen LogP contribution in [0.3, 0.4) is 0 Å². The van der Waals surface area contributed by atoms with Gasteiger partial charge in [-0.25, -0.2) is 4.98 Å². The van der Waals surface area contributed by atoms with E-state index in [1.165, 1.54) is 32.0 Å². The molecule has 3 nitrogen and oxygen atoms in total. The smallest absolute Gasteiger partial charge is 0.227 e. The first kappa shape index (κ1) is 29.4. The van der Waals surface area contributed by atoms with Crippen LogP contribution in [0.2, 0.25) is 0 Å². The first-order valence-electron chi connectivity index (χ1n) is 17.1. The molecule has 0 bridgehead atoms. The Morgan fingerprint density at radius 2 is 1.12 bits per heavy atom. The van der Waals surface area contributed by atoms with Gasteiger partial charge in [-0.2, -0.15) is 0 Å². The van der Waals surface area contributed by atoms with Crippen LogP contribution < -0.4 is 4.90 Å². The van der Waals surface area contributed by atoms with Crippen molar-refractivity contribution in [2.24, 2.45) is 0 Å². The van der Waals surface area contributed by atoms with Crippen molar-refractivity contribution < 1.29 is 4.42 Å². The standard InChI is InChI=1S/C47H30N2OS/c1-3-14-32(15-4-1)38-21-9-11-24-41(38)49(35-28-26-33(27-29-35)37-23-13-19-31-16-7-8-20-36(31)37)42-30-40-45(50-47(48-40)34-17-5-2-6-18-34)44-39-22-10-12-25-43(39)51-46(42)44/h1-30H. The summed E-state index contributed by atoms with van der Waals surface area (Å²) in [6.45, 7) is 0. The van der Waals surface area contributed by atoms with E-state index in [1.54, 1.807) is 11.3 Å². The maximum Gasteiger partial charge on any atom is 0.227 e. The third kappa shape index (κ3) is 5.00. The topological polar surface area (TPSA) is 29.3 Å². The van der Waals surface area contributed by atoms with Crippen molar-refractivity contribution in [3.63, 3.8) is 0 Å². The summed E-state index contributed by atoms with van der Waals surface area (Å²) in [7, 11) is 0. The molecule has 51 heavy (non-hydrogen) atoms. The molecule has 0 aliphatic heterocycles. The van der Waals surface area contributed by atoms with E-state index < -0.39 is 0 Å². The molecule has 0 amide bonds. The van der Waals surface area contributed by atoms with Gasteiger partial charge >= 0.3 is 0 Å². The second kappa shape index (κ2) is 12.1. The monoisotopic (exact) mass is 670 g/mol. The van der Waals surface area contributed by atoms with Gasteiger partial charge in [0, 0.05) is 32.3 Å². The molecule has 0 fully saturated rings. The number of benzene rings is 8. The van der Waals surface area contributed by atoms with Crippen LogP contribution in [0.1, 0.15) is 0 Å². The Morgan fingerprint density at radius 3 is 1.94 bits per heavy atom. The fraction of sp³-hybridized carbons (Fsp3) is 0. The minimum absolute atomic E-state index is 0.620. The summed E-state index contributed by atoms with van der Waals surface area (Å²) in [6, 6.07) is 64.4. The SMILES string of the molecule is c1ccc(-c2nc3cc(N(c4ccc(-c5cccc6ccccc56)cc4)c4ccccc4-c4ccccc4)c4sc5ccccc5c4c3o2)cc1. The van der Waals surface area contributed by atoms with E-state index in [1.807, 2.05) is 18.2 Å². The summed E-state index contributed by atoms with van der Waals surface area (Å²) < 4.78 is 9.01. The number of fused-ring (bicyclic) bond motifs is 6. The number of hydrogen-bond acceptors (Lipinski definition) is 4. The lowest BCUT2D eigenvalue weighted by Gasteiger charge is -2.28. The van der Waals surface area contributed by atoms with E-state index >= 15 is 0 Å². The Morgan fingerprint density at radius 1 is 0.490 bits per heavy atom. The number of rotatable bonds is 6. The zero-order chi connectivity index (χ0) is 33.7. The number of nitrogens with zero attached hydrogens (tertiary/aromatic N) is 2. The third-order valence-corrected chi connectivity index (χ3v) is 10.9. The van der Waals surface area contributed by atoms with Gasteiger partial charge in [-0.15, -0.1) is 11.3 Å². The minimum atomic E-state index is 0.620. The van der Waals surface area contributed by atoms with E-state index in [4.69, 9.17) is 9.40 Å². The lowest BCUT2D eigenvalue weighted by Crippen LogP contribution is -2.11. The van der Waals surface area contributed by atoms with Crippen LogP contribution in [0.15, 0.2) is 186 Å². The Kier molecular flexibility index (Phi) is 7.00. The lowest BCUT2D eigenvalue weighted by molar-refractivity contribution is 0.623. The van der Waals surface area contributed by atoms with Crippen molar-refractivity contribution in [2.45, 2.75) is 0 Å². The molecule has 0 aliphatic carbocycles. The molecule has 4 heteroatoms. The Labute approximate surface area is 299 Å². The summed E-state index contributed by atoms with van der Waals surface area (Å²) in [4.78, 5) is 7.53. The van der Waals surface area contributed by atoms with Gasteiger partial charge in [-0.3, -0.25) is 0 Å². The van der Waals surface area contributed by atoms with Gasteiger partial charge in [0.1, 0.15) is 5.52 Å². The summed E-state index contributed by atoms with van der Waals surface area (Å²) in [5.74, 6) is 0.620. The van der Waals surface area contributed by atoms with Crippen LogP contribution in [0, 0.1) is 0 Å². The van der Waals surface area contributed by atoms with Crippen molar-refractivity contribution in [3.8, 4) is 33.7 Å². The summed E-state index contributed by atoms with van der Waals surface area (Å²) in [5.41, 5.74) is 10.5. The highest BCUT2D eigenvalue weighted by atomic mass is 32.1. The first-order chi connectivity index (χ1) is 25.3. The molecule has 0 radical (unpaired) electrons. The van der Waals surface area contributed by atoms with Crippen LogP contribution in [-0.2, 0) is 0 Å². The zero-order valence-corrected chi connectivity index (χ0v) is 28.3. The Bertz CT molecular complexity index is 2850. The molecule has 0 N–H and O–H groups in total. The number of thiophene rings is 1. The van der Waals surface area contributed by atoms with Crippen molar-refractivity contribution >= 4 is 70.4 Å². The number of aromatic nitrogens is 1. The first-order valence-corrected chi connectivity index (χ1v) is 17.9. The average Bonchev–Trinajstić information content (AvgIpc) is 3.81. The molecular weight excluding hydrogens is 641 g/mol. The van der Waals surface area contributed by atoms with Crippen LogP contribution in [0.25, 0.3) is 75.8 Å². The van der Waals surface area contributed by atoms with Crippen molar-refractivity contribution in [3.05, 3.63) is 182 Å². The van der Waals surface area contributed by atoms with Crippen LogP contribution in [0.4, 0.5) is 17.1 Å². The molecule has 10 rings (SSSR count). The highest BCUT2D eigenvalue weighted by Gasteiger charge is 2.25.